The fourth-order valence-corrected chi connectivity index (χ4v) is 6.86. The molecular weight excluding hydrogens is 556 g/mol. The number of nitrogens with one attached hydrogen (secondary N) is 1. The van der Waals surface area contributed by atoms with Crippen molar-refractivity contribution in [3.05, 3.63) is 52.2 Å². The second-order valence-corrected chi connectivity index (χ2v) is 12.6. The number of carbonyl (C=O) groups is 3. The number of hydrogen-bond donors (Lipinski definition) is 3. The van der Waals surface area contributed by atoms with Gasteiger partial charge >= 0.3 is 5.97 Å². The molecule has 2 aliphatic rings. The van der Waals surface area contributed by atoms with E-state index in [-0.39, 0.29) is 39.3 Å². The molecule has 38 heavy (non-hydrogen) atoms. The van der Waals surface area contributed by atoms with Crippen molar-refractivity contribution in [1.82, 2.24) is 19.5 Å². The van der Waals surface area contributed by atoms with Crippen molar-refractivity contribution in [2.75, 3.05) is 32.7 Å². The number of hydrogen-bond acceptors (Lipinski definition) is 11. The van der Waals surface area contributed by atoms with Crippen molar-refractivity contribution in [3.63, 3.8) is 0 Å². The minimum Gasteiger partial charge on any atom is -0.477 e. The highest BCUT2D eigenvalue weighted by Gasteiger charge is 2.54. The molecule has 4 rings (SSSR count). The molecule has 1 aromatic carbocycles. The van der Waals surface area contributed by atoms with Gasteiger partial charge < -0.3 is 21.0 Å². The number of fused-ring (bicyclic) bond motifs is 1. The first-order valence-electron chi connectivity index (χ1n) is 11.0. The smallest absolute Gasteiger partial charge is 0.352 e. The van der Waals surface area contributed by atoms with Crippen molar-refractivity contribution in [2.45, 2.75) is 22.7 Å². The maximum absolute atomic E-state index is 13.0. The van der Waals surface area contributed by atoms with Gasteiger partial charge in [0.2, 0.25) is 10.0 Å². The van der Waals surface area contributed by atoms with E-state index in [1.165, 1.54) is 50.5 Å². The number of sulfonamides is 1. The summed E-state index contributed by atoms with van der Waals surface area (Å²) in [7, 11) is 0.428. The Morgan fingerprint density at radius 2 is 2.11 bits per heavy atom. The monoisotopic (exact) mass is 580 g/mol. The Morgan fingerprint density at radius 3 is 2.71 bits per heavy atom. The predicted octanol–water partition coefficient (Wildman–Crippen LogP) is 0.307. The van der Waals surface area contributed by atoms with Crippen LogP contribution in [0.25, 0.3) is 0 Å². The van der Waals surface area contributed by atoms with E-state index in [1.807, 2.05) is 0 Å². The number of thioether (sulfide) groups is 1. The number of benzene rings is 1. The van der Waals surface area contributed by atoms with Crippen molar-refractivity contribution in [2.24, 2.45) is 5.16 Å². The van der Waals surface area contributed by atoms with E-state index in [0.29, 0.717) is 11.1 Å². The Hall–Kier alpha value is -3.47. The maximum Gasteiger partial charge on any atom is 0.352 e. The van der Waals surface area contributed by atoms with Crippen molar-refractivity contribution in [1.29, 1.82) is 0 Å². The lowest BCUT2D eigenvalue weighted by Gasteiger charge is -2.49. The van der Waals surface area contributed by atoms with E-state index in [9.17, 15) is 27.9 Å². The molecule has 2 aliphatic heterocycles. The number of carboxylic acid groups (broad SMARTS) is 1. The molecule has 0 unspecified atom stereocenters. The largest absolute Gasteiger partial charge is 0.477 e. The average molecular weight is 581 g/mol. The van der Waals surface area contributed by atoms with Crippen LogP contribution in [0.2, 0.25) is 0 Å². The van der Waals surface area contributed by atoms with Crippen LogP contribution in [-0.4, -0.2) is 89.6 Å². The van der Waals surface area contributed by atoms with Crippen LogP contribution in [0.4, 0.5) is 5.13 Å². The summed E-state index contributed by atoms with van der Waals surface area (Å²) < 4.78 is 26.1. The molecule has 16 heteroatoms. The minimum absolute atomic E-state index is 0.0806. The second-order valence-electron chi connectivity index (χ2n) is 8.42. The molecule has 202 valence electrons. The first-order valence-corrected chi connectivity index (χ1v) is 14.4. The SMILES string of the molecule is CO/N=C(/C(=O)N[C@@H]1C(=O)N2C(C(=O)O)=C(Cc3cccc(S(=O)(=O)N(C)C)c3)CS[C@H]12)c1csc(N)n1. The molecule has 2 atom stereocenters. The molecule has 1 saturated heterocycles. The van der Waals surface area contributed by atoms with Gasteiger partial charge in [-0.1, -0.05) is 17.3 Å². The number of thiazole rings is 1. The van der Waals surface area contributed by atoms with Gasteiger partial charge in [0, 0.05) is 25.2 Å². The number of aromatic nitrogens is 1. The molecule has 13 nitrogen and oxygen atoms in total. The number of aliphatic carboxylic acids is 1. The molecule has 1 fully saturated rings. The second kappa shape index (κ2) is 10.7. The molecule has 1 aromatic heterocycles. The minimum atomic E-state index is -3.67. The molecule has 4 N–H and O–H groups in total. The Bertz CT molecular complexity index is 1470. The van der Waals surface area contributed by atoms with Gasteiger partial charge in [-0.05, 0) is 29.7 Å². The Kier molecular flexibility index (Phi) is 7.78. The topological polar surface area (TPSA) is 185 Å². The van der Waals surface area contributed by atoms with Crippen molar-refractivity contribution in [3.8, 4) is 0 Å². The van der Waals surface area contributed by atoms with Gasteiger partial charge in [0.25, 0.3) is 11.8 Å². The quantitative estimate of drug-likeness (QED) is 0.212. The fraction of sp³-hybridized carbons (Fsp3) is 0.318. The lowest BCUT2D eigenvalue weighted by molar-refractivity contribution is -0.150. The number of rotatable bonds is 9. The molecule has 3 heterocycles. The van der Waals surface area contributed by atoms with E-state index in [2.05, 4.69) is 15.5 Å². The van der Waals surface area contributed by atoms with E-state index in [0.717, 1.165) is 20.5 Å². The van der Waals surface area contributed by atoms with E-state index >= 15 is 0 Å². The number of oxime groups is 1. The Morgan fingerprint density at radius 1 is 1.37 bits per heavy atom. The summed E-state index contributed by atoms with van der Waals surface area (Å²) in [4.78, 5) is 48.1. The summed E-state index contributed by atoms with van der Waals surface area (Å²) in [6, 6.07) is 5.24. The van der Waals surface area contributed by atoms with E-state index in [4.69, 9.17) is 10.6 Å². The molecule has 0 radical (unpaired) electrons. The number of β-lactam (4-membered cyclic amide) rings is 1. The third kappa shape index (κ3) is 5.11. The summed E-state index contributed by atoms with van der Waals surface area (Å²) in [5, 5.41) is 17.3. The number of nitrogens with two attached hydrogens (primary N) is 1. The summed E-state index contributed by atoms with van der Waals surface area (Å²) in [6.45, 7) is 0. The molecule has 0 saturated carbocycles. The van der Waals surface area contributed by atoms with Crippen molar-refractivity contribution < 1.29 is 32.7 Å². The first-order chi connectivity index (χ1) is 17.9. The standard InChI is InChI=1S/C22H24N6O7S3/c1-27(2)38(33,34)13-6-4-5-11(8-13)7-12-9-36-20-16(19(30)28(20)17(12)21(31)32)25-18(29)15(26-35-3)14-10-37-22(23)24-14/h4-6,8,10,16,20H,7,9H2,1-3H3,(H2,23,24)(H,25,29)(H,31,32)/b26-15+/t16-,20-/m1/s1. The first kappa shape index (κ1) is 27.6. The zero-order valence-corrected chi connectivity index (χ0v) is 22.9. The summed E-state index contributed by atoms with van der Waals surface area (Å²) in [5.41, 5.74) is 6.51. The van der Waals surface area contributed by atoms with Crippen LogP contribution in [0, 0.1) is 0 Å². The molecular formula is C22H24N6O7S3. The molecule has 2 amide bonds. The number of nitrogens with zero attached hydrogens (tertiary/aromatic N) is 4. The lowest BCUT2D eigenvalue weighted by atomic mass is 9.99. The summed E-state index contributed by atoms with van der Waals surface area (Å²) in [6.07, 6.45) is 0.134. The van der Waals surface area contributed by atoms with Crippen LogP contribution in [-0.2, 0) is 35.7 Å². The summed E-state index contributed by atoms with van der Waals surface area (Å²) in [5.74, 6) is -2.35. The maximum atomic E-state index is 13.0. The molecule has 0 spiro atoms. The highest BCUT2D eigenvalue weighted by molar-refractivity contribution is 8.00. The van der Waals surface area contributed by atoms with Gasteiger partial charge in [-0.25, -0.2) is 22.5 Å². The average Bonchev–Trinajstić information content (AvgIpc) is 3.30. The molecule has 0 bridgehead atoms. The van der Waals surface area contributed by atoms with Gasteiger partial charge in [-0.2, -0.15) is 0 Å². The van der Waals surface area contributed by atoms with Crippen LogP contribution >= 0.6 is 23.1 Å². The summed E-state index contributed by atoms with van der Waals surface area (Å²) >= 11 is 2.40. The number of anilines is 1. The Labute approximate surface area is 226 Å². The van der Waals surface area contributed by atoms with Gasteiger partial charge in [-0.3, -0.25) is 14.5 Å². The number of carboxylic acids is 1. The highest BCUT2D eigenvalue weighted by Crippen LogP contribution is 2.41. The Balaban J connectivity index is 1.55. The zero-order chi connectivity index (χ0) is 27.8. The van der Waals surface area contributed by atoms with Crippen LogP contribution < -0.4 is 11.1 Å². The number of amides is 2. The highest BCUT2D eigenvalue weighted by atomic mass is 32.2. The van der Waals surface area contributed by atoms with E-state index < -0.39 is 39.2 Å². The van der Waals surface area contributed by atoms with E-state index in [1.54, 1.807) is 12.1 Å². The molecule has 0 aliphatic carbocycles. The molecule has 2 aromatic rings. The van der Waals surface area contributed by atoms with Crippen molar-refractivity contribution >= 4 is 61.7 Å². The third-order valence-electron chi connectivity index (χ3n) is 5.79. The van der Waals surface area contributed by atoms with Crippen LogP contribution in [0.5, 0.6) is 0 Å². The van der Waals surface area contributed by atoms with Gasteiger partial charge in [0.1, 0.15) is 29.9 Å². The lowest BCUT2D eigenvalue weighted by Crippen LogP contribution is -2.71. The third-order valence-corrected chi connectivity index (χ3v) is 9.62. The van der Waals surface area contributed by atoms with Crippen LogP contribution in [0.1, 0.15) is 11.3 Å². The zero-order valence-electron chi connectivity index (χ0n) is 20.4. The van der Waals surface area contributed by atoms with Gasteiger partial charge in [-0.15, -0.1) is 23.1 Å². The predicted molar refractivity (Wildman–Crippen MR) is 141 cm³/mol. The fourth-order valence-electron chi connectivity index (χ4n) is 3.99. The van der Waals surface area contributed by atoms with Crippen LogP contribution in [0.15, 0.2) is 51.0 Å². The van der Waals surface area contributed by atoms with Crippen LogP contribution in [0.3, 0.4) is 0 Å². The van der Waals surface area contributed by atoms with Gasteiger partial charge in [0.15, 0.2) is 10.8 Å². The number of nitrogen functional groups attached to an aromatic ring is 1. The van der Waals surface area contributed by atoms with Gasteiger partial charge in [0.05, 0.1) is 4.90 Å². The normalized spacial score (nSPS) is 19.7. The number of carbonyl (C=O) groups excluding carboxylic acids is 2.